The van der Waals surface area contributed by atoms with Crippen molar-refractivity contribution in [1.29, 1.82) is 0 Å². The van der Waals surface area contributed by atoms with Crippen LogP contribution in [0.4, 0.5) is 5.69 Å². The molecule has 1 atom stereocenters. The first-order valence-electron chi connectivity index (χ1n) is 6.96. The quantitative estimate of drug-likeness (QED) is 0.803. The van der Waals surface area contributed by atoms with Crippen molar-refractivity contribution in [2.75, 3.05) is 37.7 Å². The third-order valence-corrected chi connectivity index (χ3v) is 4.02. The summed E-state index contributed by atoms with van der Waals surface area (Å²) in [6.45, 7) is 5.45. The maximum absolute atomic E-state index is 12.3. The molecule has 2 aliphatic heterocycles. The average Bonchev–Trinajstić information content (AvgIpc) is 2.76. The van der Waals surface area contributed by atoms with Gasteiger partial charge in [-0.15, -0.1) is 0 Å². The Morgan fingerprint density at radius 3 is 2.84 bits per heavy atom. The molecule has 0 radical (unpaired) electrons. The van der Waals surface area contributed by atoms with Gasteiger partial charge in [0.1, 0.15) is 0 Å². The van der Waals surface area contributed by atoms with Crippen molar-refractivity contribution < 1.29 is 9.53 Å². The van der Waals surface area contributed by atoms with Crippen LogP contribution >= 0.6 is 0 Å². The van der Waals surface area contributed by atoms with Crippen LogP contribution < -0.4 is 4.90 Å². The first kappa shape index (κ1) is 12.5. The van der Waals surface area contributed by atoms with E-state index in [2.05, 4.69) is 30.0 Å². The van der Waals surface area contributed by atoms with E-state index in [1.54, 1.807) is 0 Å². The number of fused-ring (bicyclic) bond motifs is 1. The summed E-state index contributed by atoms with van der Waals surface area (Å²) in [5, 5.41) is 0. The molecule has 0 aliphatic carbocycles. The highest BCUT2D eigenvalue weighted by Gasteiger charge is 2.28. The third kappa shape index (κ3) is 2.45. The van der Waals surface area contributed by atoms with E-state index in [1.807, 2.05) is 11.0 Å². The van der Waals surface area contributed by atoms with Gasteiger partial charge in [0.05, 0.1) is 19.8 Å². The number of carbonyl (C=O) groups excluding carboxylic acids is 1. The Morgan fingerprint density at radius 1 is 1.32 bits per heavy atom. The van der Waals surface area contributed by atoms with Gasteiger partial charge in [-0.2, -0.15) is 0 Å². The lowest BCUT2D eigenvalue weighted by Crippen LogP contribution is -2.47. The van der Waals surface area contributed by atoms with E-state index in [0.717, 1.165) is 19.5 Å². The molecule has 2 aliphatic rings. The zero-order valence-corrected chi connectivity index (χ0v) is 11.3. The fourth-order valence-corrected chi connectivity index (χ4v) is 2.93. The van der Waals surface area contributed by atoms with Crippen molar-refractivity contribution in [1.82, 2.24) is 4.90 Å². The Bertz CT molecular complexity index is 469. The summed E-state index contributed by atoms with van der Waals surface area (Å²) in [5.74, 6) is 0.215. The van der Waals surface area contributed by atoms with E-state index in [9.17, 15) is 4.79 Å². The fourth-order valence-electron chi connectivity index (χ4n) is 2.93. The predicted molar refractivity (Wildman–Crippen MR) is 74.4 cm³/mol. The van der Waals surface area contributed by atoms with Crippen molar-refractivity contribution in [2.45, 2.75) is 19.4 Å². The highest BCUT2D eigenvalue weighted by molar-refractivity contribution is 5.82. The van der Waals surface area contributed by atoms with Crippen molar-refractivity contribution >= 4 is 11.6 Å². The van der Waals surface area contributed by atoms with Gasteiger partial charge in [0, 0.05) is 24.8 Å². The van der Waals surface area contributed by atoms with Crippen LogP contribution in [0.3, 0.4) is 0 Å². The minimum Gasteiger partial charge on any atom is -0.378 e. The molecular weight excluding hydrogens is 240 g/mol. The molecule has 19 heavy (non-hydrogen) atoms. The number of carbonyl (C=O) groups is 1. The van der Waals surface area contributed by atoms with Gasteiger partial charge >= 0.3 is 0 Å². The standard InChI is InChI=1S/C15H20N2O2/c1-12-10-13-4-2-3-5-14(13)17(12)11-15(18)16-6-8-19-9-7-16/h2-5,12H,6-11H2,1H3. The van der Waals surface area contributed by atoms with Gasteiger partial charge < -0.3 is 14.5 Å². The van der Waals surface area contributed by atoms with E-state index in [-0.39, 0.29) is 5.91 Å². The topological polar surface area (TPSA) is 32.8 Å². The lowest BCUT2D eigenvalue weighted by Gasteiger charge is -2.31. The molecule has 3 rings (SSSR count). The lowest BCUT2D eigenvalue weighted by molar-refractivity contribution is -0.133. The van der Waals surface area contributed by atoms with E-state index in [1.165, 1.54) is 11.3 Å². The van der Waals surface area contributed by atoms with Crippen LogP contribution in [0.1, 0.15) is 12.5 Å². The van der Waals surface area contributed by atoms with Crippen LogP contribution in [-0.2, 0) is 16.0 Å². The number of morpholine rings is 1. The number of rotatable bonds is 2. The number of benzene rings is 1. The second-order valence-corrected chi connectivity index (χ2v) is 5.30. The average molecular weight is 260 g/mol. The lowest BCUT2D eigenvalue weighted by atomic mass is 10.1. The van der Waals surface area contributed by atoms with Crippen LogP contribution in [0, 0.1) is 0 Å². The van der Waals surface area contributed by atoms with E-state index in [0.29, 0.717) is 25.8 Å². The summed E-state index contributed by atoms with van der Waals surface area (Å²) in [6, 6.07) is 8.79. The summed E-state index contributed by atoms with van der Waals surface area (Å²) in [7, 11) is 0. The predicted octanol–water partition coefficient (Wildman–Crippen LogP) is 1.30. The van der Waals surface area contributed by atoms with E-state index >= 15 is 0 Å². The van der Waals surface area contributed by atoms with Crippen LogP contribution in [-0.4, -0.2) is 49.7 Å². The molecule has 4 nitrogen and oxygen atoms in total. The van der Waals surface area contributed by atoms with Gasteiger partial charge in [0.2, 0.25) is 5.91 Å². The molecule has 2 heterocycles. The minimum atomic E-state index is 0.215. The van der Waals surface area contributed by atoms with Crippen molar-refractivity contribution in [3.63, 3.8) is 0 Å². The molecule has 1 saturated heterocycles. The summed E-state index contributed by atoms with van der Waals surface area (Å²) in [4.78, 5) is 16.5. The Morgan fingerprint density at radius 2 is 2.05 bits per heavy atom. The van der Waals surface area contributed by atoms with Crippen LogP contribution in [0.2, 0.25) is 0 Å². The number of anilines is 1. The summed E-state index contributed by atoms with van der Waals surface area (Å²) in [6.07, 6.45) is 1.03. The molecule has 4 heteroatoms. The van der Waals surface area contributed by atoms with E-state index < -0.39 is 0 Å². The maximum atomic E-state index is 12.3. The van der Waals surface area contributed by atoms with Gasteiger partial charge in [0.25, 0.3) is 0 Å². The van der Waals surface area contributed by atoms with Gasteiger partial charge in [-0.3, -0.25) is 4.79 Å². The van der Waals surface area contributed by atoms with Gasteiger partial charge in [-0.1, -0.05) is 18.2 Å². The number of para-hydroxylation sites is 1. The number of nitrogens with zero attached hydrogens (tertiary/aromatic N) is 2. The molecule has 1 aromatic carbocycles. The molecule has 0 spiro atoms. The Balaban J connectivity index is 1.71. The summed E-state index contributed by atoms with van der Waals surface area (Å²) in [5.41, 5.74) is 2.57. The van der Waals surface area contributed by atoms with E-state index in [4.69, 9.17) is 4.74 Å². The molecule has 0 aromatic heterocycles. The molecule has 1 fully saturated rings. The van der Waals surface area contributed by atoms with Crippen LogP contribution in [0.15, 0.2) is 24.3 Å². The Labute approximate surface area is 113 Å². The highest BCUT2D eigenvalue weighted by atomic mass is 16.5. The minimum absolute atomic E-state index is 0.215. The first-order valence-corrected chi connectivity index (χ1v) is 6.96. The zero-order valence-electron chi connectivity index (χ0n) is 11.3. The SMILES string of the molecule is CC1Cc2ccccc2N1CC(=O)N1CCOCC1. The molecule has 1 unspecified atom stereocenters. The fraction of sp³-hybridized carbons (Fsp3) is 0.533. The Kier molecular flexibility index (Phi) is 3.42. The normalized spacial score (nSPS) is 22.5. The first-order chi connectivity index (χ1) is 9.25. The Hall–Kier alpha value is -1.55. The largest absolute Gasteiger partial charge is 0.378 e. The smallest absolute Gasteiger partial charge is 0.242 e. The molecule has 1 aromatic rings. The maximum Gasteiger partial charge on any atom is 0.242 e. The second kappa shape index (κ2) is 5.21. The molecule has 0 N–H and O–H groups in total. The monoisotopic (exact) mass is 260 g/mol. The van der Waals surface area contributed by atoms with Crippen LogP contribution in [0.25, 0.3) is 0 Å². The molecule has 0 saturated carbocycles. The third-order valence-electron chi connectivity index (χ3n) is 4.02. The molecular formula is C15H20N2O2. The zero-order chi connectivity index (χ0) is 13.2. The number of amides is 1. The molecule has 102 valence electrons. The molecule has 1 amide bonds. The number of hydrogen-bond acceptors (Lipinski definition) is 3. The summed E-state index contributed by atoms with van der Waals surface area (Å²) < 4.78 is 5.29. The van der Waals surface area contributed by atoms with Gasteiger partial charge in [-0.25, -0.2) is 0 Å². The summed E-state index contributed by atoms with van der Waals surface area (Å²) >= 11 is 0. The number of ether oxygens (including phenoxy) is 1. The second-order valence-electron chi connectivity index (χ2n) is 5.30. The van der Waals surface area contributed by atoms with Crippen molar-refractivity contribution in [3.05, 3.63) is 29.8 Å². The molecule has 0 bridgehead atoms. The van der Waals surface area contributed by atoms with Crippen molar-refractivity contribution in [2.24, 2.45) is 0 Å². The van der Waals surface area contributed by atoms with Crippen molar-refractivity contribution in [3.8, 4) is 0 Å². The van der Waals surface area contributed by atoms with Crippen LogP contribution in [0.5, 0.6) is 0 Å². The van der Waals surface area contributed by atoms with Gasteiger partial charge in [0.15, 0.2) is 0 Å². The number of hydrogen-bond donors (Lipinski definition) is 0. The highest BCUT2D eigenvalue weighted by Crippen LogP contribution is 2.31. The van der Waals surface area contributed by atoms with Gasteiger partial charge in [-0.05, 0) is 25.0 Å².